The molecule has 0 spiro atoms. The maximum atomic E-state index is 5.66. The minimum absolute atomic E-state index is 0.625. The highest BCUT2D eigenvalue weighted by Crippen LogP contribution is 2.24. The smallest absolute Gasteiger partial charge is 0.181 e. The molecule has 0 bridgehead atoms. The quantitative estimate of drug-likeness (QED) is 0.776. The molecule has 2 aromatic rings. The van der Waals surface area contributed by atoms with Crippen molar-refractivity contribution >= 4 is 26.7 Å². The van der Waals surface area contributed by atoms with E-state index in [4.69, 9.17) is 10.5 Å². The maximum Gasteiger partial charge on any atom is 0.181 e. The minimum atomic E-state index is 0.625. The molecule has 1 aromatic heterocycles. The Bertz CT molecular complexity index is 469. The molecular formula is C11H15N3OS. The number of hydrogen-bond donors (Lipinski definition) is 2. The molecule has 0 aliphatic rings. The molecule has 0 fully saturated rings. The molecule has 1 heterocycles. The van der Waals surface area contributed by atoms with Gasteiger partial charge in [-0.25, -0.2) is 4.98 Å². The number of thiazole rings is 1. The van der Waals surface area contributed by atoms with E-state index in [0.717, 1.165) is 29.9 Å². The van der Waals surface area contributed by atoms with Gasteiger partial charge in [-0.2, -0.15) is 0 Å². The van der Waals surface area contributed by atoms with Crippen LogP contribution in [0.15, 0.2) is 18.2 Å². The van der Waals surface area contributed by atoms with Crippen molar-refractivity contribution in [1.29, 1.82) is 0 Å². The Morgan fingerprint density at radius 1 is 1.50 bits per heavy atom. The van der Waals surface area contributed by atoms with Gasteiger partial charge in [0.05, 0.1) is 16.8 Å². The zero-order valence-electron chi connectivity index (χ0n) is 9.19. The molecule has 4 nitrogen and oxygen atoms in total. The van der Waals surface area contributed by atoms with E-state index in [1.54, 1.807) is 7.11 Å². The van der Waals surface area contributed by atoms with Crippen molar-refractivity contribution in [2.24, 2.45) is 0 Å². The average Bonchev–Trinajstić information content (AvgIpc) is 2.64. The molecule has 0 unspecified atom stereocenters. The summed E-state index contributed by atoms with van der Waals surface area (Å²) in [6, 6.07) is 6.21. The SMILES string of the molecule is COCCNCc1ccc2nc(N)sc2c1. The molecule has 1 aromatic carbocycles. The van der Waals surface area contributed by atoms with Crippen LogP contribution in [0.1, 0.15) is 5.56 Å². The summed E-state index contributed by atoms with van der Waals surface area (Å²) in [7, 11) is 1.70. The summed E-state index contributed by atoms with van der Waals surface area (Å²) in [5.41, 5.74) is 7.87. The largest absolute Gasteiger partial charge is 0.383 e. The van der Waals surface area contributed by atoms with Gasteiger partial charge in [0.15, 0.2) is 5.13 Å². The number of rotatable bonds is 5. The van der Waals surface area contributed by atoms with Crippen molar-refractivity contribution in [3.8, 4) is 0 Å². The number of anilines is 1. The molecule has 2 rings (SSSR count). The van der Waals surface area contributed by atoms with E-state index < -0.39 is 0 Å². The predicted octanol–water partition coefficient (Wildman–Crippen LogP) is 1.61. The zero-order valence-corrected chi connectivity index (χ0v) is 10.0. The van der Waals surface area contributed by atoms with Crippen molar-refractivity contribution in [3.05, 3.63) is 23.8 Å². The van der Waals surface area contributed by atoms with Crippen LogP contribution >= 0.6 is 11.3 Å². The van der Waals surface area contributed by atoms with E-state index in [9.17, 15) is 0 Å². The Hall–Kier alpha value is -1.17. The first-order valence-corrected chi connectivity index (χ1v) is 5.96. The Kier molecular flexibility index (Phi) is 3.71. The maximum absolute atomic E-state index is 5.66. The number of nitrogens with one attached hydrogen (secondary N) is 1. The number of benzene rings is 1. The monoisotopic (exact) mass is 237 g/mol. The highest BCUT2D eigenvalue weighted by molar-refractivity contribution is 7.22. The second-order valence-corrected chi connectivity index (χ2v) is 4.59. The van der Waals surface area contributed by atoms with Crippen LogP contribution in [0, 0.1) is 0 Å². The van der Waals surface area contributed by atoms with Gasteiger partial charge < -0.3 is 15.8 Å². The lowest BCUT2D eigenvalue weighted by Crippen LogP contribution is -2.18. The predicted molar refractivity (Wildman–Crippen MR) is 67.6 cm³/mol. The summed E-state index contributed by atoms with van der Waals surface area (Å²) in [5.74, 6) is 0. The highest BCUT2D eigenvalue weighted by Gasteiger charge is 2.01. The Labute approximate surface area is 98.4 Å². The molecule has 0 aliphatic heterocycles. The molecule has 0 saturated heterocycles. The molecule has 5 heteroatoms. The standard InChI is InChI=1S/C11H15N3OS/c1-15-5-4-13-7-8-2-3-9-10(6-8)16-11(12)14-9/h2-3,6,13H,4-5,7H2,1H3,(H2,12,14). The Morgan fingerprint density at radius 2 is 2.38 bits per heavy atom. The fourth-order valence-corrected chi connectivity index (χ4v) is 2.30. The van der Waals surface area contributed by atoms with Gasteiger partial charge in [0, 0.05) is 20.2 Å². The number of fused-ring (bicyclic) bond motifs is 1. The third-order valence-corrected chi connectivity index (χ3v) is 3.13. The number of hydrogen-bond acceptors (Lipinski definition) is 5. The second kappa shape index (κ2) is 5.25. The van der Waals surface area contributed by atoms with Crippen LogP contribution in [0.2, 0.25) is 0 Å². The Morgan fingerprint density at radius 3 is 3.19 bits per heavy atom. The van der Waals surface area contributed by atoms with E-state index in [-0.39, 0.29) is 0 Å². The van der Waals surface area contributed by atoms with Gasteiger partial charge in [0.25, 0.3) is 0 Å². The highest BCUT2D eigenvalue weighted by atomic mass is 32.1. The fraction of sp³-hybridized carbons (Fsp3) is 0.364. The van der Waals surface area contributed by atoms with E-state index in [1.165, 1.54) is 16.9 Å². The summed E-state index contributed by atoms with van der Waals surface area (Å²) in [5, 5.41) is 3.93. The van der Waals surface area contributed by atoms with Gasteiger partial charge in [-0.05, 0) is 17.7 Å². The van der Waals surface area contributed by atoms with Gasteiger partial charge in [0.1, 0.15) is 0 Å². The second-order valence-electron chi connectivity index (χ2n) is 3.52. The molecule has 0 radical (unpaired) electrons. The average molecular weight is 237 g/mol. The molecular weight excluding hydrogens is 222 g/mol. The molecule has 0 amide bonds. The molecule has 86 valence electrons. The number of ether oxygens (including phenoxy) is 1. The molecule has 3 N–H and O–H groups in total. The molecule has 16 heavy (non-hydrogen) atoms. The lowest BCUT2D eigenvalue weighted by molar-refractivity contribution is 0.199. The lowest BCUT2D eigenvalue weighted by Gasteiger charge is -2.03. The van der Waals surface area contributed by atoms with Crippen molar-refractivity contribution in [3.63, 3.8) is 0 Å². The van der Waals surface area contributed by atoms with Gasteiger partial charge in [-0.3, -0.25) is 0 Å². The number of nitrogens with zero attached hydrogens (tertiary/aromatic N) is 1. The van der Waals surface area contributed by atoms with Crippen molar-refractivity contribution < 1.29 is 4.74 Å². The summed E-state index contributed by atoms with van der Waals surface area (Å²) in [6.45, 7) is 2.44. The Balaban J connectivity index is 2.02. The van der Waals surface area contributed by atoms with Crippen molar-refractivity contribution in [2.45, 2.75) is 6.54 Å². The van der Waals surface area contributed by atoms with E-state index in [0.29, 0.717) is 5.13 Å². The first kappa shape index (κ1) is 11.3. The first-order valence-electron chi connectivity index (χ1n) is 5.14. The van der Waals surface area contributed by atoms with Gasteiger partial charge in [-0.1, -0.05) is 17.4 Å². The van der Waals surface area contributed by atoms with E-state index >= 15 is 0 Å². The number of methoxy groups -OCH3 is 1. The summed E-state index contributed by atoms with van der Waals surface area (Å²) < 4.78 is 6.11. The fourth-order valence-electron chi connectivity index (χ4n) is 1.50. The van der Waals surface area contributed by atoms with Crippen LogP contribution in [0.3, 0.4) is 0 Å². The van der Waals surface area contributed by atoms with Crippen LogP contribution in [-0.4, -0.2) is 25.2 Å². The number of nitrogen functional groups attached to an aromatic ring is 1. The van der Waals surface area contributed by atoms with Gasteiger partial charge >= 0.3 is 0 Å². The summed E-state index contributed by atoms with van der Waals surface area (Å²) in [4.78, 5) is 4.22. The first-order chi connectivity index (χ1) is 7.79. The number of nitrogens with two attached hydrogens (primary N) is 1. The third-order valence-electron chi connectivity index (χ3n) is 2.28. The zero-order chi connectivity index (χ0) is 11.4. The topological polar surface area (TPSA) is 60.2 Å². The van der Waals surface area contributed by atoms with Crippen molar-refractivity contribution in [1.82, 2.24) is 10.3 Å². The third kappa shape index (κ3) is 2.69. The van der Waals surface area contributed by atoms with Gasteiger partial charge in [0.2, 0.25) is 0 Å². The normalized spacial score (nSPS) is 11.1. The van der Waals surface area contributed by atoms with Crippen LogP contribution in [0.4, 0.5) is 5.13 Å². The van der Waals surface area contributed by atoms with Crippen LogP contribution in [0.25, 0.3) is 10.2 Å². The van der Waals surface area contributed by atoms with Crippen LogP contribution in [0.5, 0.6) is 0 Å². The lowest BCUT2D eigenvalue weighted by atomic mass is 10.2. The van der Waals surface area contributed by atoms with Crippen LogP contribution < -0.4 is 11.1 Å². The molecule has 0 saturated carbocycles. The summed E-state index contributed by atoms with van der Waals surface area (Å²) >= 11 is 1.52. The summed E-state index contributed by atoms with van der Waals surface area (Å²) in [6.07, 6.45) is 0. The van der Waals surface area contributed by atoms with Gasteiger partial charge in [-0.15, -0.1) is 0 Å². The van der Waals surface area contributed by atoms with E-state index in [1.807, 2.05) is 6.07 Å². The van der Waals surface area contributed by atoms with Crippen molar-refractivity contribution in [2.75, 3.05) is 26.0 Å². The molecule has 0 atom stereocenters. The van der Waals surface area contributed by atoms with Crippen LogP contribution in [-0.2, 0) is 11.3 Å². The number of aromatic nitrogens is 1. The van der Waals surface area contributed by atoms with E-state index in [2.05, 4.69) is 22.4 Å². The molecule has 0 aliphatic carbocycles. The minimum Gasteiger partial charge on any atom is -0.383 e.